The van der Waals surface area contributed by atoms with E-state index in [2.05, 4.69) is 15.3 Å². The van der Waals surface area contributed by atoms with Crippen molar-refractivity contribution in [3.8, 4) is 0 Å². The van der Waals surface area contributed by atoms with Crippen molar-refractivity contribution < 1.29 is 9.53 Å². The maximum absolute atomic E-state index is 11.7. The molecule has 3 rings (SSSR count). The average Bonchev–Trinajstić information content (AvgIpc) is 3.07. The number of hydrogen-bond acceptors (Lipinski definition) is 4. The summed E-state index contributed by atoms with van der Waals surface area (Å²) in [5, 5.41) is 3.41. The van der Waals surface area contributed by atoms with Gasteiger partial charge in [-0.1, -0.05) is 0 Å². The van der Waals surface area contributed by atoms with Gasteiger partial charge >= 0.3 is 5.97 Å². The first-order valence-corrected chi connectivity index (χ1v) is 6.68. The quantitative estimate of drug-likeness (QED) is 0.829. The van der Waals surface area contributed by atoms with Crippen LogP contribution in [0.2, 0.25) is 0 Å². The van der Waals surface area contributed by atoms with Crippen LogP contribution >= 0.6 is 0 Å². The van der Waals surface area contributed by atoms with Crippen molar-refractivity contribution in [1.82, 2.24) is 15.3 Å². The largest absolute Gasteiger partial charge is 0.462 e. The van der Waals surface area contributed by atoms with Crippen LogP contribution in [0.4, 0.5) is 0 Å². The number of rotatable bonds is 3. The van der Waals surface area contributed by atoms with Gasteiger partial charge in [-0.05, 0) is 44.5 Å². The average molecular weight is 259 g/mol. The van der Waals surface area contributed by atoms with Gasteiger partial charge in [-0.15, -0.1) is 0 Å². The van der Waals surface area contributed by atoms with E-state index >= 15 is 0 Å². The number of carbonyl (C=O) groups is 1. The van der Waals surface area contributed by atoms with Crippen molar-refractivity contribution in [1.29, 1.82) is 0 Å². The molecule has 2 heterocycles. The molecular weight excluding hydrogens is 242 g/mol. The number of esters is 1. The SMILES string of the molecule is CCOC(=O)c1ccc2nc(C3CCCN3)[nH]c2c1. The third kappa shape index (κ3) is 2.33. The maximum atomic E-state index is 11.7. The van der Waals surface area contributed by atoms with E-state index in [9.17, 15) is 4.79 Å². The minimum Gasteiger partial charge on any atom is -0.462 e. The Morgan fingerprint density at radius 1 is 1.53 bits per heavy atom. The highest BCUT2D eigenvalue weighted by atomic mass is 16.5. The fourth-order valence-electron chi connectivity index (χ4n) is 2.45. The molecule has 19 heavy (non-hydrogen) atoms. The Balaban J connectivity index is 1.92. The molecule has 0 aliphatic carbocycles. The minimum atomic E-state index is -0.292. The van der Waals surface area contributed by atoms with Gasteiger partial charge in [0.25, 0.3) is 0 Å². The number of hydrogen-bond donors (Lipinski definition) is 2. The van der Waals surface area contributed by atoms with Gasteiger partial charge in [-0.25, -0.2) is 9.78 Å². The number of nitrogens with one attached hydrogen (secondary N) is 2. The Labute approximate surface area is 111 Å². The van der Waals surface area contributed by atoms with Gasteiger partial charge in [0, 0.05) is 0 Å². The second-order valence-corrected chi connectivity index (χ2v) is 4.72. The maximum Gasteiger partial charge on any atom is 0.338 e. The molecule has 5 heteroatoms. The molecule has 2 N–H and O–H groups in total. The highest BCUT2D eigenvalue weighted by molar-refractivity contribution is 5.93. The summed E-state index contributed by atoms with van der Waals surface area (Å²) in [7, 11) is 0. The van der Waals surface area contributed by atoms with Crippen LogP contribution < -0.4 is 5.32 Å². The zero-order chi connectivity index (χ0) is 13.2. The number of nitrogens with zero attached hydrogens (tertiary/aromatic N) is 1. The van der Waals surface area contributed by atoms with Crippen LogP contribution in [0.15, 0.2) is 18.2 Å². The van der Waals surface area contributed by atoms with Crippen molar-refractivity contribution in [2.24, 2.45) is 0 Å². The molecule has 0 radical (unpaired) electrons. The molecule has 0 saturated carbocycles. The van der Waals surface area contributed by atoms with E-state index in [0.717, 1.165) is 29.8 Å². The number of aromatic amines is 1. The smallest absolute Gasteiger partial charge is 0.338 e. The molecule has 1 unspecified atom stereocenters. The number of ether oxygens (including phenoxy) is 1. The third-order valence-corrected chi connectivity index (χ3v) is 3.40. The molecule has 1 saturated heterocycles. The highest BCUT2D eigenvalue weighted by Gasteiger charge is 2.19. The van der Waals surface area contributed by atoms with Crippen molar-refractivity contribution in [2.45, 2.75) is 25.8 Å². The van der Waals surface area contributed by atoms with Gasteiger partial charge < -0.3 is 15.0 Å². The Hall–Kier alpha value is -1.88. The number of imidazole rings is 1. The van der Waals surface area contributed by atoms with Crippen LogP contribution in [0.1, 0.15) is 42.0 Å². The highest BCUT2D eigenvalue weighted by Crippen LogP contribution is 2.23. The Morgan fingerprint density at radius 2 is 2.42 bits per heavy atom. The summed E-state index contributed by atoms with van der Waals surface area (Å²) < 4.78 is 5.00. The van der Waals surface area contributed by atoms with E-state index in [1.807, 2.05) is 6.07 Å². The molecule has 5 nitrogen and oxygen atoms in total. The standard InChI is InChI=1S/C14H17N3O2/c1-2-19-14(18)9-5-6-10-12(8-9)17-13(16-10)11-4-3-7-15-11/h5-6,8,11,15H,2-4,7H2,1H3,(H,16,17). The molecule has 1 aromatic carbocycles. The number of fused-ring (bicyclic) bond motifs is 1. The molecular formula is C14H17N3O2. The lowest BCUT2D eigenvalue weighted by Crippen LogP contribution is -2.13. The molecule has 0 amide bonds. The van der Waals surface area contributed by atoms with Gasteiger partial charge in [0.1, 0.15) is 5.82 Å². The molecule has 0 spiro atoms. The molecule has 1 aromatic heterocycles. The monoisotopic (exact) mass is 259 g/mol. The summed E-state index contributed by atoms with van der Waals surface area (Å²) in [5.41, 5.74) is 2.33. The van der Waals surface area contributed by atoms with Gasteiger partial charge in [-0.2, -0.15) is 0 Å². The van der Waals surface area contributed by atoms with Crippen LogP contribution in [0, 0.1) is 0 Å². The van der Waals surface area contributed by atoms with E-state index in [-0.39, 0.29) is 5.97 Å². The third-order valence-electron chi connectivity index (χ3n) is 3.40. The molecule has 1 aliphatic rings. The first kappa shape index (κ1) is 12.2. The normalized spacial score (nSPS) is 18.9. The summed E-state index contributed by atoms with van der Waals surface area (Å²) in [5.74, 6) is 0.660. The van der Waals surface area contributed by atoms with Crippen LogP contribution in [0.3, 0.4) is 0 Å². The van der Waals surface area contributed by atoms with Crippen molar-refractivity contribution in [3.63, 3.8) is 0 Å². The van der Waals surface area contributed by atoms with Crippen LogP contribution in [0.25, 0.3) is 11.0 Å². The first-order chi connectivity index (χ1) is 9.28. The summed E-state index contributed by atoms with van der Waals surface area (Å²) in [6.07, 6.45) is 2.28. The van der Waals surface area contributed by atoms with E-state index in [0.29, 0.717) is 18.2 Å². The summed E-state index contributed by atoms with van der Waals surface area (Å²) in [6, 6.07) is 5.72. The molecule has 100 valence electrons. The first-order valence-electron chi connectivity index (χ1n) is 6.68. The lowest BCUT2D eigenvalue weighted by atomic mass is 10.2. The summed E-state index contributed by atoms with van der Waals surface area (Å²) in [4.78, 5) is 19.5. The van der Waals surface area contributed by atoms with Crippen LogP contribution in [0.5, 0.6) is 0 Å². The van der Waals surface area contributed by atoms with Crippen LogP contribution in [-0.2, 0) is 4.74 Å². The second-order valence-electron chi connectivity index (χ2n) is 4.72. The summed E-state index contributed by atoms with van der Waals surface area (Å²) >= 11 is 0. The Kier molecular flexibility index (Phi) is 3.21. The molecule has 0 bridgehead atoms. The van der Waals surface area contributed by atoms with Crippen molar-refractivity contribution in [3.05, 3.63) is 29.6 Å². The zero-order valence-corrected chi connectivity index (χ0v) is 10.9. The van der Waals surface area contributed by atoms with Gasteiger partial charge in [0.15, 0.2) is 0 Å². The topological polar surface area (TPSA) is 67.0 Å². The van der Waals surface area contributed by atoms with Crippen LogP contribution in [-0.4, -0.2) is 29.1 Å². The number of aromatic nitrogens is 2. The van der Waals surface area contributed by atoms with E-state index in [1.165, 1.54) is 6.42 Å². The van der Waals surface area contributed by atoms with Gasteiger partial charge in [0.2, 0.25) is 0 Å². The predicted molar refractivity (Wildman–Crippen MR) is 72.0 cm³/mol. The van der Waals surface area contributed by atoms with E-state index in [1.54, 1.807) is 19.1 Å². The molecule has 1 fully saturated rings. The molecule has 1 atom stereocenters. The zero-order valence-electron chi connectivity index (χ0n) is 10.9. The number of H-pyrrole nitrogens is 1. The lowest BCUT2D eigenvalue weighted by Gasteiger charge is -2.04. The Morgan fingerprint density at radius 3 is 3.16 bits per heavy atom. The summed E-state index contributed by atoms with van der Waals surface area (Å²) in [6.45, 7) is 3.23. The number of benzene rings is 1. The Bertz CT molecular complexity index is 600. The second kappa shape index (κ2) is 5.01. The molecule has 1 aliphatic heterocycles. The van der Waals surface area contributed by atoms with Gasteiger partial charge in [0.05, 0.1) is 29.2 Å². The fraction of sp³-hybridized carbons (Fsp3) is 0.429. The van der Waals surface area contributed by atoms with E-state index in [4.69, 9.17) is 4.74 Å². The van der Waals surface area contributed by atoms with Crippen molar-refractivity contribution >= 4 is 17.0 Å². The molecule has 2 aromatic rings. The van der Waals surface area contributed by atoms with Crippen molar-refractivity contribution in [2.75, 3.05) is 13.2 Å². The predicted octanol–water partition coefficient (Wildman–Crippen LogP) is 2.16. The fourth-order valence-corrected chi connectivity index (χ4v) is 2.45. The number of carbonyl (C=O) groups excluding carboxylic acids is 1. The lowest BCUT2D eigenvalue weighted by molar-refractivity contribution is 0.0526. The van der Waals surface area contributed by atoms with E-state index < -0.39 is 0 Å². The minimum absolute atomic E-state index is 0.292. The van der Waals surface area contributed by atoms with Gasteiger partial charge in [-0.3, -0.25) is 0 Å².